The lowest BCUT2D eigenvalue weighted by Crippen LogP contribution is -2.44. The highest BCUT2D eigenvalue weighted by Gasteiger charge is 2.24. The molecular weight excluding hydrogens is 202 g/mol. The monoisotopic (exact) mass is 211 g/mol. The lowest BCUT2D eigenvalue weighted by Gasteiger charge is -2.10. The summed E-state index contributed by atoms with van der Waals surface area (Å²) < 4.78 is 28.8. The second-order valence-electron chi connectivity index (χ2n) is 2.34. The summed E-state index contributed by atoms with van der Waals surface area (Å²) in [6.07, 6.45) is 0. The predicted octanol–water partition coefficient (Wildman–Crippen LogP) is -1.54. The van der Waals surface area contributed by atoms with Gasteiger partial charge in [0.05, 0.1) is 0 Å². The van der Waals surface area contributed by atoms with Crippen molar-refractivity contribution in [2.45, 2.75) is 13.0 Å². The minimum absolute atomic E-state index is 0.684. The van der Waals surface area contributed by atoms with Crippen LogP contribution in [0.15, 0.2) is 0 Å². The van der Waals surface area contributed by atoms with Gasteiger partial charge in [-0.1, -0.05) is 0 Å². The summed E-state index contributed by atoms with van der Waals surface area (Å²) in [6, 6.07) is -1.62. The van der Waals surface area contributed by atoms with Crippen LogP contribution in [0.3, 0.4) is 0 Å². The van der Waals surface area contributed by atoms with Crippen LogP contribution in [0.1, 0.15) is 6.92 Å². The van der Waals surface area contributed by atoms with E-state index in [-0.39, 0.29) is 0 Å². The number of carbonyl (C=O) groups excluding carboxylic acids is 1. The molecule has 1 atom stereocenters. The van der Waals surface area contributed by atoms with Crippen LogP contribution in [-0.2, 0) is 19.7 Å². The van der Waals surface area contributed by atoms with E-state index in [0.29, 0.717) is 0 Å². The van der Waals surface area contributed by atoms with Crippen molar-refractivity contribution in [3.63, 3.8) is 0 Å². The first-order valence-corrected chi connectivity index (χ1v) is 4.78. The Bertz CT molecular complexity index is 307. The number of amides is 1. The standard InChI is InChI=1S/C5H9NO6S/c1-3(7)6-4(5(8)9)2-13(10,11)12/h4H,2H2,1H3,(H,6,7)(H,8,9)(H,10,11,12)/t4-/m1/s1. The summed E-state index contributed by atoms with van der Waals surface area (Å²) >= 11 is 0. The fourth-order valence-corrected chi connectivity index (χ4v) is 1.28. The van der Waals surface area contributed by atoms with E-state index >= 15 is 0 Å². The minimum Gasteiger partial charge on any atom is -0.480 e. The first kappa shape index (κ1) is 11.8. The summed E-state index contributed by atoms with van der Waals surface area (Å²) in [5.41, 5.74) is 0. The molecule has 8 heteroatoms. The van der Waals surface area contributed by atoms with E-state index in [2.05, 4.69) is 0 Å². The SMILES string of the molecule is CC(=O)N[C@H](CS(=O)(=O)O)C(=O)O. The topological polar surface area (TPSA) is 121 Å². The van der Waals surface area contributed by atoms with Gasteiger partial charge in [0.15, 0.2) is 0 Å². The number of aliphatic carboxylic acids is 1. The molecule has 0 aliphatic heterocycles. The molecule has 0 aromatic heterocycles. The Labute approximate surface area is 74.5 Å². The van der Waals surface area contributed by atoms with Crippen LogP contribution in [0.5, 0.6) is 0 Å². The van der Waals surface area contributed by atoms with Crippen molar-refractivity contribution in [2.24, 2.45) is 0 Å². The Morgan fingerprint density at radius 1 is 1.46 bits per heavy atom. The highest BCUT2D eigenvalue weighted by atomic mass is 32.2. The van der Waals surface area contributed by atoms with E-state index < -0.39 is 33.8 Å². The third-order valence-corrected chi connectivity index (χ3v) is 1.81. The third-order valence-electron chi connectivity index (χ3n) is 1.05. The van der Waals surface area contributed by atoms with Gasteiger partial charge in [-0.2, -0.15) is 8.42 Å². The molecule has 1 amide bonds. The van der Waals surface area contributed by atoms with E-state index in [1.165, 1.54) is 0 Å². The predicted molar refractivity (Wildman–Crippen MR) is 41.7 cm³/mol. The van der Waals surface area contributed by atoms with Crippen LogP contribution in [0, 0.1) is 0 Å². The summed E-state index contributed by atoms with van der Waals surface area (Å²) in [5.74, 6) is -3.24. The zero-order valence-electron chi connectivity index (χ0n) is 6.72. The van der Waals surface area contributed by atoms with Gasteiger partial charge in [-0.25, -0.2) is 4.79 Å². The number of carbonyl (C=O) groups is 2. The second kappa shape index (κ2) is 4.19. The van der Waals surface area contributed by atoms with Gasteiger partial charge >= 0.3 is 5.97 Å². The zero-order valence-corrected chi connectivity index (χ0v) is 7.54. The molecule has 0 unspecified atom stereocenters. The normalized spacial score (nSPS) is 13.4. The van der Waals surface area contributed by atoms with Crippen LogP contribution in [-0.4, -0.2) is 41.7 Å². The summed E-state index contributed by atoms with van der Waals surface area (Å²) in [5, 5.41) is 10.3. The number of hydrogen-bond donors (Lipinski definition) is 3. The molecule has 0 heterocycles. The molecule has 3 N–H and O–H groups in total. The van der Waals surface area contributed by atoms with Crippen molar-refractivity contribution in [3.05, 3.63) is 0 Å². The van der Waals surface area contributed by atoms with Crippen molar-refractivity contribution >= 4 is 22.0 Å². The Kier molecular flexibility index (Phi) is 3.82. The summed E-state index contributed by atoms with van der Waals surface area (Å²) in [4.78, 5) is 20.7. The number of nitrogens with one attached hydrogen (secondary N) is 1. The maximum absolute atomic E-state index is 10.4. The highest BCUT2D eigenvalue weighted by molar-refractivity contribution is 7.85. The molecule has 7 nitrogen and oxygen atoms in total. The molecule has 76 valence electrons. The van der Waals surface area contributed by atoms with Crippen LogP contribution in [0.25, 0.3) is 0 Å². The summed E-state index contributed by atoms with van der Waals surface area (Å²) in [7, 11) is -4.41. The molecule has 0 rings (SSSR count). The number of hydrogen-bond acceptors (Lipinski definition) is 4. The highest BCUT2D eigenvalue weighted by Crippen LogP contribution is 1.91. The smallest absolute Gasteiger partial charge is 0.327 e. The molecule has 0 aromatic rings. The van der Waals surface area contributed by atoms with Crippen LogP contribution >= 0.6 is 0 Å². The number of carboxylic acids is 1. The van der Waals surface area contributed by atoms with E-state index in [4.69, 9.17) is 9.66 Å². The Morgan fingerprint density at radius 2 is 1.92 bits per heavy atom. The van der Waals surface area contributed by atoms with Crippen molar-refractivity contribution in [1.29, 1.82) is 0 Å². The molecule has 0 spiro atoms. The largest absolute Gasteiger partial charge is 0.480 e. The van der Waals surface area contributed by atoms with Crippen molar-refractivity contribution in [3.8, 4) is 0 Å². The number of carboxylic acid groups (broad SMARTS) is 1. The lowest BCUT2D eigenvalue weighted by molar-refractivity contribution is -0.140. The van der Waals surface area contributed by atoms with Crippen LogP contribution in [0.4, 0.5) is 0 Å². The van der Waals surface area contributed by atoms with E-state index in [1.807, 2.05) is 5.32 Å². The zero-order chi connectivity index (χ0) is 10.6. The lowest BCUT2D eigenvalue weighted by atomic mass is 10.3. The van der Waals surface area contributed by atoms with E-state index in [1.54, 1.807) is 0 Å². The molecule has 0 aromatic carbocycles. The Balaban J connectivity index is 4.45. The van der Waals surface area contributed by atoms with Gasteiger partial charge in [0, 0.05) is 6.92 Å². The molecular formula is C5H9NO6S. The fourth-order valence-electron chi connectivity index (χ4n) is 0.631. The van der Waals surface area contributed by atoms with Gasteiger partial charge in [-0.05, 0) is 0 Å². The van der Waals surface area contributed by atoms with Gasteiger partial charge in [0.2, 0.25) is 5.91 Å². The third kappa shape index (κ3) is 6.05. The van der Waals surface area contributed by atoms with Crippen molar-refractivity contribution in [1.82, 2.24) is 5.32 Å². The van der Waals surface area contributed by atoms with Crippen LogP contribution < -0.4 is 5.32 Å². The average Bonchev–Trinajstić information content (AvgIpc) is 1.81. The van der Waals surface area contributed by atoms with Gasteiger partial charge in [-0.3, -0.25) is 9.35 Å². The van der Waals surface area contributed by atoms with E-state index in [0.717, 1.165) is 6.92 Å². The van der Waals surface area contributed by atoms with Gasteiger partial charge in [0.25, 0.3) is 10.1 Å². The van der Waals surface area contributed by atoms with Crippen molar-refractivity contribution in [2.75, 3.05) is 5.75 Å². The van der Waals surface area contributed by atoms with Gasteiger partial charge < -0.3 is 10.4 Å². The number of rotatable bonds is 4. The van der Waals surface area contributed by atoms with E-state index in [9.17, 15) is 18.0 Å². The maximum Gasteiger partial charge on any atom is 0.327 e. The maximum atomic E-state index is 10.4. The van der Waals surface area contributed by atoms with Gasteiger partial charge in [-0.15, -0.1) is 0 Å². The first-order chi connectivity index (χ1) is 5.72. The minimum atomic E-state index is -4.41. The first-order valence-electron chi connectivity index (χ1n) is 3.17. The Hall–Kier alpha value is -1.15. The molecule has 0 saturated carbocycles. The molecule has 0 radical (unpaired) electrons. The molecule has 0 saturated heterocycles. The fraction of sp³-hybridized carbons (Fsp3) is 0.600. The second-order valence-corrected chi connectivity index (χ2v) is 3.84. The molecule has 0 bridgehead atoms. The molecule has 13 heavy (non-hydrogen) atoms. The molecule has 0 aliphatic rings. The summed E-state index contributed by atoms with van der Waals surface area (Å²) in [6.45, 7) is 1.04. The average molecular weight is 211 g/mol. The Morgan fingerprint density at radius 3 is 2.15 bits per heavy atom. The molecule has 0 aliphatic carbocycles. The van der Waals surface area contributed by atoms with Gasteiger partial charge in [0.1, 0.15) is 11.8 Å². The quantitative estimate of drug-likeness (QED) is 0.485. The van der Waals surface area contributed by atoms with Crippen molar-refractivity contribution < 1.29 is 27.7 Å². The molecule has 0 fully saturated rings. The van der Waals surface area contributed by atoms with Crippen LogP contribution in [0.2, 0.25) is 0 Å².